The van der Waals surface area contributed by atoms with Crippen molar-refractivity contribution >= 4 is 17.3 Å². The molecule has 0 amide bonds. The van der Waals surface area contributed by atoms with Crippen molar-refractivity contribution in [2.45, 2.75) is 25.6 Å². The van der Waals surface area contributed by atoms with E-state index in [4.69, 9.17) is 17.0 Å². The average molecular weight is 456 g/mol. The fraction of sp³-hybridized carbons (Fsp3) is 0.192. The summed E-state index contributed by atoms with van der Waals surface area (Å²) < 4.78 is 7.83. The first kappa shape index (κ1) is 21.2. The molecular weight excluding hydrogens is 430 g/mol. The van der Waals surface area contributed by atoms with Crippen LogP contribution in [-0.4, -0.2) is 31.2 Å². The Balaban J connectivity index is 1.56. The van der Waals surface area contributed by atoms with Crippen molar-refractivity contribution in [2.75, 3.05) is 6.61 Å². The second kappa shape index (κ2) is 9.42. The highest BCUT2D eigenvalue weighted by molar-refractivity contribution is 7.80. The molecule has 33 heavy (non-hydrogen) atoms. The van der Waals surface area contributed by atoms with E-state index in [0.29, 0.717) is 18.3 Å². The fourth-order valence-corrected chi connectivity index (χ4v) is 4.63. The number of nitrogens with one attached hydrogen (secondary N) is 1. The van der Waals surface area contributed by atoms with Crippen LogP contribution in [0.2, 0.25) is 0 Å². The second-order valence-corrected chi connectivity index (χ2v) is 8.23. The van der Waals surface area contributed by atoms with Crippen LogP contribution in [0.4, 0.5) is 0 Å². The van der Waals surface area contributed by atoms with E-state index in [9.17, 15) is 0 Å². The van der Waals surface area contributed by atoms with Gasteiger partial charge in [0.15, 0.2) is 5.11 Å². The number of aromatic nitrogens is 3. The molecule has 7 heteroatoms. The second-order valence-electron chi connectivity index (χ2n) is 7.85. The lowest BCUT2D eigenvalue weighted by atomic mass is 10.0. The number of ether oxygens (including phenoxy) is 1. The minimum atomic E-state index is -0.0771. The summed E-state index contributed by atoms with van der Waals surface area (Å²) in [5, 5.41) is 4.23. The molecule has 2 atom stereocenters. The lowest BCUT2D eigenvalue weighted by molar-refractivity contribution is 0.302. The van der Waals surface area contributed by atoms with Gasteiger partial charge in [-0.05, 0) is 79.3 Å². The maximum absolute atomic E-state index is 5.81. The molecule has 6 nitrogen and oxygen atoms in total. The zero-order valence-electron chi connectivity index (χ0n) is 18.3. The number of hydrogen-bond donors (Lipinski definition) is 1. The van der Waals surface area contributed by atoms with Gasteiger partial charge in [-0.1, -0.05) is 12.1 Å². The number of pyridine rings is 2. The largest absolute Gasteiger partial charge is 0.494 e. The predicted octanol–water partition coefficient (Wildman–Crippen LogP) is 4.84. The van der Waals surface area contributed by atoms with Crippen LogP contribution in [0.3, 0.4) is 0 Å². The van der Waals surface area contributed by atoms with Crippen LogP contribution in [0.15, 0.2) is 91.5 Å². The van der Waals surface area contributed by atoms with Crippen LogP contribution in [0.1, 0.15) is 36.0 Å². The van der Waals surface area contributed by atoms with E-state index < -0.39 is 0 Å². The van der Waals surface area contributed by atoms with Gasteiger partial charge in [-0.25, -0.2) is 0 Å². The van der Waals surface area contributed by atoms with Crippen molar-refractivity contribution in [3.63, 3.8) is 0 Å². The highest BCUT2D eigenvalue weighted by atomic mass is 32.1. The zero-order valence-corrected chi connectivity index (χ0v) is 19.2. The molecule has 0 unspecified atom stereocenters. The van der Waals surface area contributed by atoms with E-state index in [0.717, 1.165) is 28.4 Å². The Morgan fingerprint density at radius 2 is 1.88 bits per heavy atom. The van der Waals surface area contributed by atoms with Gasteiger partial charge in [0.25, 0.3) is 0 Å². The number of thiocarbonyl (C=S) groups is 1. The van der Waals surface area contributed by atoms with Crippen molar-refractivity contribution in [3.05, 3.63) is 108 Å². The molecule has 1 N–H and O–H groups in total. The molecule has 1 aromatic carbocycles. The van der Waals surface area contributed by atoms with Gasteiger partial charge in [0.1, 0.15) is 5.75 Å². The molecule has 1 saturated heterocycles. The minimum Gasteiger partial charge on any atom is -0.494 e. The van der Waals surface area contributed by atoms with Gasteiger partial charge in [0, 0.05) is 42.7 Å². The lowest BCUT2D eigenvalue weighted by Crippen LogP contribution is -2.30. The van der Waals surface area contributed by atoms with Gasteiger partial charge in [0.2, 0.25) is 0 Å². The molecule has 1 fully saturated rings. The molecule has 0 bridgehead atoms. The predicted molar refractivity (Wildman–Crippen MR) is 132 cm³/mol. The number of nitrogens with zero attached hydrogens (tertiary/aromatic N) is 4. The van der Waals surface area contributed by atoms with E-state index in [-0.39, 0.29) is 12.1 Å². The Bertz CT molecular complexity index is 1210. The van der Waals surface area contributed by atoms with Crippen molar-refractivity contribution < 1.29 is 4.74 Å². The Kier molecular flexibility index (Phi) is 6.04. The first-order chi connectivity index (χ1) is 16.2. The normalized spacial score (nSPS) is 17.7. The molecule has 0 spiro atoms. The van der Waals surface area contributed by atoms with Crippen LogP contribution >= 0.6 is 12.2 Å². The standard InChI is InChI=1S/C26H25N5OS/c1-2-32-21-12-10-20(11-13-21)30-16-6-9-23(30)25-24(22-8-3-4-15-28-22)29-26(33)31(25)18-19-7-5-14-27-17-19/h3-17,24-25H,2,18H2,1H3,(H,29,33)/t24-,25+/m0/s1. The third-order valence-electron chi connectivity index (χ3n) is 5.78. The zero-order chi connectivity index (χ0) is 22.6. The molecule has 166 valence electrons. The molecule has 0 radical (unpaired) electrons. The quantitative estimate of drug-likeness (QED) is 0.403. The van der Waals surface area contributed by atoms with Crippen LogP contribution < -0.4 is 10.1 Å². The molecule has 0 saturated carbocycles. The first-order valence-corrected chi connectivity index (χ1v) is 11.4. The summed E-state index contributed by atoms with van der Waals surface area (Å²) in [6.45, 7) is 3.29. The maximum atomic E-state index is 5.81. The Morgan fingerprint density at radius 3 is 2.61 bits per heavy atom. The smallest absolute Gasteiger partial charge is 0.170 e. The highest BCUT2D eigenvalue weighted by Gasteiger charge is 2.41. The van der Waals surface area contributed by atoms with Crippen LogP contribution in [0, 0.1) is 0 Å². The molecule has 0 aliphatic carbocycles. The summed E-state index contributed by atoms with van der Waals surface area (Å²) >= 11 is 5.81. The number of hydrogen-bond acceptors (Lipinski definition) is 4. The van der Waals surface area contributed by atoms with Gasteiger partial charge < -0.3 is 19.5 Å². The summed E-state index contributed by atoms with van der Waals surface area (Å²) in [7, 11) is 0. The monoisotopic (exact) mass is 455 g/mol. The third-order valence-corrected chi connectivity index (χ3v) is 6.14. The minimum absolute atomic E-state index is 0.0471. The fourth-order valence-electron chi connectivity index (χ4n) is 4.33. The molecular formula is C26H25N5OS. The summed E-state index contributed by atoms with van der Waals surface area (Å²) in [5.74, 6) is 0.864. The maximum Gasteiger partial charge on any atom is 0.170 e. The SMILES string of the molecule is CCOc1ccc(-n2cccc2[C@@H]2[C@H](c3ccccn3)NC(=S)N2Cc2cccnc2)cc1. The van der Waals surface area contributed by atoms with Gasteiger partial charge in [-0.2, -0.15) is 0 Å². The van der Waals surface area contributed by atoms with E-state index >= 15 is 0 Å². The number of benzene rings is 1. The summed E-state index contributed by atoms with van der Waals surface area (Å²) in [5.41, 5.74) is 4.26. The molecule has 3 aromatic heterocycles. The highest BCUT2D eigenvalue weighted by Crippen LogP contribution is 2.40. The van der Waals surface area contributed by atoms with Crippen molar-refractivity contribution in [1.29, 1.82) is 0 Å². The Labute approximate surface area is 198 Å². The summed E-state index contributed by atoms with van der Waals surface area (Å²) in [6.07, 6.45) is 7.59. The van der Waals surface area contributed by atoms with Crippen LogP contribution in [0.25, 0.3) is 5.69 Å². The Hall–Kier alpha value is -3.71. The molecule has 4 aromatic rings. The molecule has 5 rings (SSSR count). The lowest BCUT2D eigenvalue weighted by Gasteiger charge is -2.29. The summed E-state index contributed by atoms with van der Waals surface area (Å²) in [6, 6.07) is 22.3. The van der Waals surface area contributed by atoms with E-state index in [2.05, 4.69) is 61.3 Å². The van der Waals surface area contributed by atoms with Crippen molar-refractivity contribution in [2.24, 2.45) is 0 Å². The van der Waals surface area contributed by atoms with Gasteiger partial charge in [-0.3, -0.25) is 9.97 Å². The van der Waals surface area contributed by atoms with Crippen molar-refractivity contribution in [1.82, 2.24) is 24.8 Å². The topological polar surface area (TPSA) is 55.2 Å². The third kappa shape index (κ3) is 4.32. The van der Waals surface area contributed by atoms with E-state index in [1.165, 1.54) is 0 Å². The summed E-state index contributed by atoms with van der Waals surface area (Å²) in [4.78, 5) is 11.2. The van der Waals surface area contributed by atoms with Crippen molar-refractivity contribution in [3.8, 4) is 11.4 Å². The van der Waals surface area contributed by atoms with Gasteiger partial charge in [0.05, 0.1) is 24.4 Å². The Morgan fingerprint density at radius 1 is 1.00 bits per heavy atom. The molecule has 1 aliphatic heterocycles. The van der Waals surface area contributed by atoms with Crippen LogP contribution in [0.5, 0.6) is 5.75 Å². The van der Waals surface area contributed by atoms with E-state index in [1.54, 1.807) is 6.20 Å². The first-order valence-electron chi connectivity index (χ1n) is 11.0. The van der Waals surface area contributed by atoms with Gasteiger partial charge in [-0.15, -0.1) is 0 Å². The molecule has 1 aliphatic rings. The van der Waals surface area contributed by atoms with Crippen LogP contribution in [-0.2, 0) is 6.54 Å². The molecule has 4 heterocycles. The van der Waals surface area contributed by atoms with Gasteiger partial charge >= 0.3 is 0 Å². The average Bonchev–Trinajstić information content (AvgIpc) is 3.46. The number of rotatable bonds is 7. The van der Waals surface area contributed by atoms with E-state index in [1.807, 2.05) is 55.7 Å².